The highest BCUT2D eigenvalue weighted by atomic mass is 32.2. The first kappa shape index (κ1) is 16.3. The van der Waals surface area contributed by atoms with Crippen LogP contribution in [0.1, 0.15) is 44.6 Å². The van der Waals surface area contributed by atoms with E-state index in [9.17, 15) is 13.5 Å². The quantitative estimate of drug-likeness (QED) is 0.723. The van der Waals surface area contributed by atoms with Crippen LogP contribution in [0.4, 0.5) is 5.69 Å². The van der Waals surface area contributed by atoms with E-state index in [1.807, 2.05) is 6.92 Å². The fourth-order valence-electron chi connectivity index (χ4n) is 2.97. The maximum Gasteiger partial charge on any atom is 0.241 e. The van der Waals surface area contributed by atoms with Crippen LogP contribution in [0.3, 0.4) is 0 Å². The van der Waals surface area contributed by atoms with Gasteiger partial charge in [-0.25, -0.2) is 13.1 Å². The van der Waals surface area contributed by atoms with Gasteiger partial charge in [-0.2, -0.15) is 0 Å². The molecule has 0 bridgehead atoms. The van der Waals surface area contributed by atoms with Gasteiger partial charge in [0.1, 0.15) is 0 Å². The molecule has 0 unspecified atom stereocenters. The molecule has 5 nitrogen and oxygen atoms in total. The molecule has 21 heavy (non-hydrogen) atoms. The molecule has 0 heterocycles. The second kappa shape index (κ2) is 6.34. The number of aliphatic hydroxyl groups excluding tert-OH is 1. The second-order valence-electron chi connectivity index (χ2n) is 5.83. The van der Waals surface area contributed by atoms with Crippen LogP contribution in [-0.2, 0) is 16.4 Å². The van der Waals surface area contributed by atoms with Crippen LogP contribution in [0.15, 0.2) is 23.1 Å². The first-order valence-corrected chi connectivity index (χ1v) is 8.94. The third-order valence-electron chi connectivity index (χ3n) is 4.23. The van der Waals surface area contributed by atoms with Gasteiger partial charge < -0.3 is 10.8 Å². The Morgan fingerprint density at radius 3 is 2.52 bits per heavy atom. The largest absolute Gasteiger partial charge is 0.399 e. The highest BCUT2D eigenvalue weighted by Crippen LogP contribution is 2.30. The smallest absolute Gasteiger partial charge is 0.241 e. The summed E-state index contributed by atoms with van der Waals surface area (Å²) < 4.78 is 28.2. The average molecular weight is 312 g/mol. The summed E-state index contributed by atoms with van der Waals surface area (Å²) in [6.45, 7) is 1.74. The van der Waals surface area contributed by atoms with Crippen molar-refractivity contribution in [3.8, 4) is 0 Å². The zero-order valence-electron chi connectivity index (χ0n) is 12.4. The van der Waals surface area contributed by atoms with Gasteiger partial charge >= 0.3 is 0 Å². The van der Waals surface area contributed by atoms with E-state index in [1.165, 1.54) is 6.07 Å². The summed E-state index contributed by atoms with van der Waals surface area (Å²) in [5.41, 5.74) is 6.17. The number of sulfonamides is 1. The normalized spacial score (nSPS) is 18.6. The van der Waals surface area contributed by atoms with Crippen LogP contribution in [0.5, 0.6) is 0 Å². The lowest BCUT2D eigenvalue weighted by molar-refractivity contribution is 0.142. The first-order valence-electron chi connectivity index (χ1n) is 7.46. The SMILES string of the molecule is CCc1ccc(N)cc1S(=O)(=O)NC1(CO)CCCCC1. The number of nitrogens with one attached hydrogen (secondary N) is 1. The summed E-state index contributed by atoms with van der Waals surface area (Å²) in [5, 5.41) is 9.68. The third kappa shape index (κ3) is 3.56. The van der Waals surface area contributed by atoms with Gasteiger partial charge in [0.25, 0.3) is 0 Å². The molecule has 0 atom stereocenters. The van der Waals surface area contributed by atoms with Gasteiger partial charge in [-0.1, -0.05) is 32.3 Å². The predicted molar refractivity (Wildman–Crippen MR) is 83.5 cm³/mol. The minimum absolute atomic E-state index is 0.171. The average Bonchev–Trinajstić information content (AvgIpc) is 2.47. The van der Waals surface area contributed by atoms with E-state index in [0.717, 1.165) is 24.8 Å². The van der Waals surface area contributed by atoms with Gasteiger partial charge in [0.05, 0.1) is 17.0 Å². The molecule has 0 saturated heterocycles. The van der Waals surface area contributed by atoms with Crippen molar-refractivity contribution in [2.75, 3.05) is 12.3 Å². The van der Waals surface area contributed by atoms with Crippen molar-refractivity contribution in [3.05, 3.63) is 23.8 Å². The Bertz CT molecular complexity index is 593. The van der Waals surface area contributed by atoms with Crippen molar-refractivity contribution < 1.29 is 13.5 Å². The molecular weight excluding hydrogens is 288 g/mol. The molecule has 0 spiro atoms. The summed E-state index contributed by atoms with van der Waals surface area (Å²) in [7, 11) is -3.69. The third-order valence-corrected chi connectivity index (χ3v) is 5.89. The molecule has 4 N–H and O–H groups in total. The van der Waals surface area contributed by atoms with Gasteiger partial charge in [-0.05, 0) is 37.0 Å². The van der Waals surface area contributed by atoms with E-state index in [2.05, 4.69) is 4.72 Å². The van der Waals surface area contributed by atoms with Crippen LogP contribution < -0.4 is 10.5 Å². The lowest BCUT2D eigenvalue weighted by atomic mass is 9.83. The molecule has 1 aromatic rings. The highest BCUT2D eigenvalue weighted by Gasteiger charge is 2.36. The van der Waals surface area contributed by atoms with Gasteiger partial charge in [-0.3, -0.25) is 0 Å². The Balaban J connectivity index is 2.35. The van der Waals surface area contributed by atoms with Gasteiger partial charge in [-0.15, -0.1) is 0 Å². The lowest BCUT2D eigenvalue weighted by Gasteiger charge is -2.36. The molecule has 1 aliphatic carbocycles. The Morgan fingerprint density at radius 1 is 1.29 bits per heavy atom. The number of hydrogen-bond acceptors (Lipinski definition) is 4. The van der Waals surface area contributed by atoms with E-state index >= 15 is 0 Å². The Labute approximate surface area is 126 Å². The number of nitrogen functional groups attached to an aromatic ring is 1. The topological polar surface area (TPSA) is 92.4 Å². The number of aryl methyl sites for hydroxylation is 1. The number of benzene rings is 1. The molecule has 118 valence electrons. The zero-order valence-corrected chi connectivity index (χ0v) is 13.2. The number of nitrogens with two attached hydrogens (primary N) is 1. The fourth-order valence-corrected chi connectivity index (χ4v) is 4.77. The zero-order chi connectivity index (χ0) is 15.5. The van der Waals surface area contributed by atoms with E-state index < -0.39 is 15.6 Å². The molecular formula is C15H24N2O3S. The molecule has 0 aromatic heterocycles. The number of hydrogen-bond donors (Lipinski definition) is 3. The van der Waals surface area contributed by atoms with E-state index in [0.29, 0.717) is 24.9 Å². The van der Waals surface area contributed by atoms with Crippen molar-refractivity contribution in [3.63, 3.8) is 0 Å². The molecule has 0 aliphatic heterocycles. The summed E-state index contributed by atoms with van der Waals surface area (Å²) >= 11 is 0. The van der Waals surface area contributed by atoms with Gasteiger partial charge in [0.2, 0.25) is 10.0 Å². The maximum absolute atomic E-state index is 12.7. The van der Waals surface area contributed by atoms with E-state index in [4.69, 9.17) is 5.73 Å². The predicted octanol–water partition coefficient (Wildman–Crippen LogP) is 1.80. The summed E-state index contributed by atoms with van der Waals surface area (Å²) in [6, 6.07) is 4.95. The summed E-state index contributed by atoms with van der Waals surface area (Å²) in [5.74, 6) is 0. The Hall–Kier alpha value is -1.11. The van der Waals surface area contributed by atoms with E-state index in [-0.39, 0.29) is 11.5 Å². The molecule has 0 amide bonds. The Kier molecular flexibility index (Phi) is 4.91. The lowest BCUT2D eigenvalue weighted by Crippen LogP contribution is -2.52. The fraction of sp³-hybridized carbons (Fsp3) is 0.600. The molecule has 0 radical (unpaired) electrons. The number of rotatable bonds is 5. The van der Waals surface area contributed by atoms with Crippen molar-refractivity contribution in [2.45, 2.75) is 55.9 Å². The number of aliphatic hydroxyl groups is 1. The summed E-state index contributed by atoms with van der Waals surface area (Å²) in [4.78, 5) is 0.225. The standard InChI is InChI=1S/C15H24N2O3S/c1-2-12-6-7-13(16)10-14(12)21(19,20)17-15(11-18)8-4-3-5-9-15/h6-7,10,17-18H,2-5,8-9,11,16H2,1H3. The van der Waals surface area contributed by atoms with Crippen LogP contribution >= 0.6 is 0 Å². The number of anilines is 1. The van der Waals surface area contributed by atoms with Crippen LogP contribution in [0.2, 0.25) is 0 Å². The molecule has 1 aliphatic rings. The van der Waals surface area contributed by atoms with E-state index in [1.54, 1.807) is 12.1 Å². The maximum atomic E-state index is 12.7. The van der Waals surface area contributed by atoms with Crippen LogP contribution in [0.25, 0.3) is 0 Å². The second-order valence-corrected chi connectivity index (χ2v) is 7.48. The van der Waals surface area contributed by atoms with Crippen molar-refractivity contribution >= 4 is 15.7 Å². The minimum atomic E-state index is -3.69. The highest BCUT2D eigenvalue weighted by molar-refractivity contribution is 7.89. The van der Waals surface area contributed by atoms with Crippen molar-refractivity contribution in [1.82, 2.24) is 4.72 Å². The monoisotopic (exact) mass is 312 g/mol. The van der Waals surface area contributed by atoms with Crippen molar-refractivity contribution in [2.24, 2.45) is 0 Å². The molecule has 1 aromatic carbocycles. The van der Waals surface area contributed by atoms with Gasteiger partial charge in [0, 0.05) is 5.69 Å². The molecule has 1 fully saturated rings. The van der Waals surface area contributed by atoms with Gasteiger partial charge in [0.15, 0.2) is 0 Å². The molecule has 6 heteroatoms. The van der Waals surface area contributed by atoms with Crippen LogP contribution in [-0.4, -0.2) is 25.7 Å². The Morgan fingerprint density at radius 2 is 1.95 bits per heavy atom. The summed E-state index contributed by atoms with van der Waals surface area (Å²) in [6.07, 6.45) is 4.91. The molecule has 1 saturated carbocycles. The minimum Gasteiger partial charge on any atom is -0.399 e. The molecule has 2 rings (SSSR count). The van der Waals surface area contributed by atoms with Crippen LogP contribution in [0, 0.1) is 0 Å². The first-order chi connectivity index (χ1) is 9.92. The van der Waals surface area contributed by atoms with Crippen molar-refractivity contribution in [1.29, 1.82) is 0 Å².